The molecule has 0 saturated carbocycles. The molecule has 154 valence electrons. The van der Waals surface area contributed by atoms with E-state index >= 15 is 0 Å². The van der Waals surface area contributed by atoms with Crippen molar-refractivity contribution in [2.45, 2.75) is 32.2 Å². The van der Waals surface area contributed by atoms with E-state index in [0.29, 0.717) is 18.2 Å². The summed E-state index contributed by atoms with van der Waals surface area (Å²) in [6, 6.07) is 23.3. The first-order chi connectivity index (χ1) is 13.5. The topological polar surface area (TPSA) is 41.5 Å². The van der Waals surface area contributed by atoms with Crippen LogP contribution in [0.1, 0.15) is 29.7 Å². The molecule has 6 heteroatoms. The van der Waals surface area contributed by atoms with Gasteiger partial charge in [-0.05, 0) is 63.8 Å². The fourth-order valence-electron chi connectivity index (χ4n) is 2.84. The fraction of sp³-hybridized carbons (Fsp3) is 0.217. The van der Waals surface area contributed by atoms with Crippen LogP contribution in [0.3, 0.4) is 0 Å². The van der Waals surface area contributed by atoms with E-state index in [1.54, 1.807) is 0 Å². The van der Waals surface area contributed by atoms with Crippen LogP contribution in [-0.2, 0) is 13.2 Å². The molecule has 0 bridgehead atoms. The van der Waals surface area contributed by atoms with Gasteiger partial charge >= 0.3 is 0 Å². The second-order valence-electron chi connectivity index (χ2n) is 6.71. The number of hydrogen-bond acceptors (Lipinski definition) is 3. The van der Waals surface area contributed by atoms with E-state index in [-0.39, 0.29) is 18.4 Å². The highest BCUT2D eigenvalue weighted by molar-refractivity contribution is 9.10. The Morgan fingerprint density at radius 1 is 1.00 bits per heavy atom. The molecule has 3 nitrogen and oxygen atoms in total. The van der Waals surface area contributed by atoms with Gasteiger partial charge in [0.15, 0.2) is 0 Å². The zero-order chi connectivity index (χ0) is 19.9. The molecule has 0 aliphatic rings. The lowest BCUT2D eigenvalue weighted by Gasteiger charge is -2.21. The number of benzene rings is 3. The Morgan fingerprint density at radius 3 is 2.31 bits per heavy atom. The Labute approximate surface area is 191 Å². The summed E-state index contributed by atoms with van der Waals surface area (Å²) in [7, 11) is 0. The third-order valence-corrected chi connectivity index (χ3v) is 5.42. The first-order valence-electron chi connectivity index (χ1n) is 9.15. The molecule has 3 aromatic carbocycles. The number of rotatable bonds is 8. The molecular formula is C23H24BrCl2NO2. The smallest absolute Gasteiger partial charge is 0.134 e. The van der Waals surface area contributed by atoms with Crippen molar-refractivity contribution in [2.75, 3.05) is 0 Å². The number of hydrogen-bond donors (Lipinski definition) is 2. The number of aliphatic hydroxyl groups is 1. The molecular weight excluding hydrogens is 473 g/mol. The first-order valence-corrected chi connectivity index (χ1v) is 10.3. The standard InChI is InChI=1S/C23H23BrClNO2.ClH/c1-16(23(27)19-5-3-2-4-6-19)26-14-18-9-12-22(21(24)13-18)28-15-17-7-10-20(25)11-8-17;/h2-13,16,23,26-27H,14-15H2,1H3;1H. The fourth-order valence-corrected chi connectivity index (χ4v) is 3.51. The second kappa shape index (κ2) is 11.6. The Hall–Kier alpha value is -1.56. The van der Waals surface area contributed by atoms with E-state index in [1.807, 2.05) is 79.7 Å². The number of halogens is 3. The Balaban J connectivity index is 0.00000300. The van der Waals surface area contributed by atoms with Crippen LogP contribution in [0.25, 0.3) is 0 Å². The highest BCUT2D eigenvalue weighted by Crippen LogP contribution is 2.27. The maximum Gasteiger partial charge on any atom is 0.134 e. The normalized spacial score (nSPS) is 12.7. The molecule has 0 aromatic heterocycles. The summed E-state index contributed by atoms with van der Waals surface area (Å²) >= 11 is 9.49. The van der Waals surface area contributed by atoms with Gasteiger partial charge < -0.3 is 15.2 Å². The Kier molecular flexibility index (Phi) is 9.47. The SMILES string of the molecule is CC(NCc1ccc(OCc2ccc(Cl)cc2)c(Br)c1)C(O)c1ccccc1.Cl. The van der Waals surface area contributed by atoms with Crippen molar-refractivity contribution in [1.29, 1.82) is 0 Å². The first kappa shape index (κ1) is 23.7. The average molecular weight is 497 g/mol. The van der Waals surface area contributed by atoms with Crippen molar-refractivity contribution in [3.63, 3.8) is 0 Å². The molecule has 0 aliphatic heterocycles. The predicted octanol–water partition coefficient (Wildman–Crippen LogP) is 6.32. The van der Waals surface area contributed by atoms with Gasteiger partial charge in [-0.15, -0.1) is 12.4 Å². The van der Waals surface area contributed by atoms with E-state index in [4.69, 9.17) is 16.3 Å². The monoisotopic (exact) mass is 495 g/mol. The molecule has 0 saturated heterocycles. The lowest BCUT2D eigenvalue weighted by Crippen LogP contribution is -2.31. The third-order valence-electron chi connectivity index (χ3n) is 4.55. The van der Waals surface area contributed by atoms with Gasteiger partial charge in [0.05, 0.1) is 10.6 Å². The van der Waals surface area contributed by atoms with Gasteiger partial charge in [0.25, 0.3) is 0 Å². The minimum atomic E-state index is -0.549. The van der Waals surface area contributed by atoms with Crippen LogP contribution in [0.5, 0.6) is 5.75 Å². The molecule has 3 rings (SSSR count). The summed E-state index contributed by atoms with van der Waals surface area (Å²) in [5.41, 5.74) is 3.08. The van der Waals surface area contributed by atoms with Crippen LogP contribution in [0, 0.1) is 0 Å². The van der Waals surface area contributed by atoms with E-state index in [0.717, 1.165) is 26.9 Å². The van der Waals surface area contributed by atoms with E-state index in [1.165, 1.54) is 0 Å². The average Bonchev–Trinajstić information content (AvgIpc) is 2.72. The lowest BCUT2D eigenvalue weighted by molar-refractivity contribution is 0.135. The summed E-state index contributed by atoms with van der Waals surface area (Å²) in [5, 5.41) is 14.6. The van der Waals surface area contributed by atoms with E-state index in [9.17, 15) is 5.11 Å². The van der Waals surface area contributed by atoms with Crippen molar-refractivity contribution >= 4 is 39.9 Å². The maximum absolute atomic E-state index is 10.5. The van der Waals surface area contributed by atoms with Crippen LogP contribution >= 0.6 is 39.9 Å². The van der Waals surface area contributed by atoms with Crippen molar-refractivity contribution in [2.24, 2.45) is 0 Å². The van der Waals surface area contributed by atoms with Crippen LogP contribution in [0.15, 0.2) is 77.3 Å². The highest BCUT2D eigenvalue weighted by Gasteiger charge is 2.15. The van der Waals surface area contributed by atoms with E-state index in [2.05, 4.69) is 21.2 Å². The molecule has 2 N–H and O–H groups in total. The van der Waals surface area contributed by atoms with Gasteiger partial charge in [0.1, 0.15) is 12.4 Å². The largest absolute Gasteiger partial charge is 0.488 e. The highest BCUT2D eigenvalue weighted by atomic mass is 79.9. The Bertz CT molecular complexity index is 891. The molecule has 0 heterocycles. The quantitative estimate of drug-likeness (QED) is 0.383. The molecule has 2 atom stereocenters. The van der Waals surface area contributed by atoms with Gasteiger partial charge in [0.2, 0.25) is 0 Å². The van der Waals surface area contributed by atoms with E-state index < -0.39 is 6.10 Å². The van der Waals surface area contributed by atoms with Crippen molar-refractivity contribution < 1.29 is 9.84 Å². The molecule has 29 heavy (non-hydrogen) atoms. The molecule has 2 unspecified atom stereocenters. The molecule has 0 amide bonds. The molecule has 0 spiro atoms. The maximum atomic E-state index is 10.5. The summed E-state index contributed by atoms with van der Waals surface area (Å²) in [4.78, 5) is 0. The summed E-state index contributed by atoms with van der Waals surface area (Å²) in [6.07, 6.45) is -0.549. The van der Waals surface area contributed by atoms with Gasteiger partial charge in [0, 0.05) is 17.6 Å². The summed E-state index contributed by atoms with van der Waals surface area (Å²) < 4.78 is 6.79. The Morgan fingerprint density at radius 2 is 1.66 bits per heavy atom. The van der Waals surface area contributed by atoms with Crippen molar-refractivity contribution in [3.05, 3.63) is 99.0 Å². The molecule has 3 aromatic rings. The number of aliphatic hydroxyl groups excluding tert-OH is 1. The van der Waals surface area contributed by atoms with Gasteiger partial charge in [-0.2, -0.15) is 0 Å². The van der Waals surface area contributed by atoms with Crippen molar-refractivity contribution in [3.8, 4) is 5.75 Å². The van der Waals surface area contributed by atoms with Gasteiger partial charge in [-0.3, -0.25) is 0 Å². The number of ether oxygens (including phenoxy) is 1. The predicted molar refractivity (Wildman–Crippen MR) is 125 cm³/mol. The molecule has 0 aliphatic carbocycles. The van der Waals surface area contributed by atoms with Crippen LogP contribution in [0.2, 0.25) is 5.02 Å². The number of nitrogens with one attached hydrogen (secondary N) is 1. The summed E-state index contributed by atoms with van der Waals surface area (Å²) in [5.74, 6) is 0.788. The van der Waals surface area contributed by atoms with Crippen molar-refractivity contribution in [1.82, 2.24) is 5.32 Å². The minimum absolute atomic E-state index is 0. The van der Waals surface area contributed by atoms with Crippen LogP contribution < -0.4 is 10.1 Å². The third kappa shape index (κ3) is 7.02. The van der Waals surface area contributed by atoms with Crippen LogP contribution in [-0.4, -0.2) is 11.1 Å². The van der Waals surface area contributed by atoms with Gasteiger partial charge in [-0.1, -0.05) is 60.1 Å². The molecule has 0 radical (unpaired) electrons. The van der Waals surface area contributed by atoms with Crippen LogP contribution in [0.4, 0.5) is 0 Å². The second-order valence-corrected chi connectivity index (χ2v) is 8.00. The zero-order valence-electron chi connectivity index (χ0n) is 16.0. The zero-order valence-corrected chi connectivity index (χ0v) is 19.2. The summed E-state index contributed by atoms with van der Waals surface area (Å²) in [6.45, 7) is 3.12. The molecule has 0 fully saturated rings. The lowest BCUT2D eigenvalue weighted by atomic mass is 10.0. The minimum Gasteiger partial charge on any atom is -0.488 e. The van der Waals surface area contributed by atoms with Gasteiger partial charge in [-0.25, -0.2) is 0 Å².